The van der Waals surface area contributed by atoms with Gasteiger partial charge in [0.25, 0.3) is 20.0 Å². The molecule has 0 spiro atoms. The Labute approximate surface area is 163 Å². The van der Waals surface area contributed by atoms with Gasteiger partial charge in [-0.3, -0.25) is 9.44 Å². The number of sulfonamides is 2. The summed E-state index contributed by atoms with van der Waals surface area (Å²) in [6.45, 7) is 5.37. The van der Waals surface area contributed by atoms with E-state index in [0.29, 0.717) is 5.76 Å². The van der Waals surface area contributed by atoms with Gasteiger partial charge in [0.1, 0.15) is 5.76 Å². The van der Waals surface area contributed by atoms with Crippen LogP contribution in [-0.4, -0.2) is 22.0 Å². The average Bonchev–Trinajstić information content (AvgIpc) is 3.01. The third kappa shape index (κ3) is 4.34. The maximum absolute atomic E-state index is 12.5. The smallest absolute Gasteiger partial charge is 0.263 e. The number of benzene rings is 2. The minimum atomic E-state index is -3.87. The lowest BCUT2D eigenvalue weighted by molar-refractivity contribution is 0.400. The van der Waals surface area contributed by atoms with Crippen LogP contribution in [0, 0.1) is 20.8 Å². The number of aromatic nitrogens is 1. The zero-order chi connectivity index (χ0) is 20.5. The highest BCUT2D eigenvalue weighted by Gasteiger charge is 2.18. The summed E-state index contributed by atoms with van der Waals surface area (Å²) in [4.78, 5) is 0.0950. The monoisotopic (exact) mass is 421 g/mol. The lowest BCUT2D eigenvalue weighted by atomic mass is 10.1. The van der Waals surface area contributed by atoms with Crippen molar-refractivity contribution in [3.63, 3.8) is 0 Å². The van der Waals surface area contributed by atoms with Gasteiger partial charge in [0.05, 0.1) is 9.79 Å². The van der Waals surface area contributed by atoms with Crippen molar-refractivity contribution in [1.29, 1.82) is 0 Å². The van der Waals surface area contributed by atoms with Crippen LogP contribution in [0.1, 0.15) is 16.9 Å². The zero-order valence-corrected chi connectivity index (χ0v) is 17.1. The van der Waals surface area contributed by atoms with E-state index in [1.807, 2.05) is 13.8 Å². The molecule has 0 saturated heterocycles. The van der Waals surface area contributed by atoms with Crippen LogP contribution in [0.4, 0.5) is 11.5 Å². The Morgan fingerprint density at radius 2 is 1.36 bits per heavy atom. The quantitative estimate of drug-likeness (QED) is 0.631. The largest absolute Gasteiger partial charge is 0.360 e. The van der Waals surface area contributed by atoms with Crippen molar-refractivity contribution in [2.45, 2.75) is 30.6 Å². The highest BCUT2D eigenvalue weighted by molar-refractivity contribution is 7.93. The third-order valence-corrected chi connectivity index (χ3v) is 6.82. The summed E-state index contributed by atoms with van der Waals surface area (Å²) in [6.07, 6.45) is 0. The average molecular weight is 422 g/mol. The maximum atomic E-state index is 12.5. The number of hydrogen-bond donors (Lipinski definition) is 2. The Hall–Kier alpha value is -2.85. The fraction of sp³-hybridized carbons (Fsp3) is 0.167. The van der Waals surface area contributed by atoms with Gasteiger partial charge >= 0.3 is 0 Å². The number of nitrogens with one attached hydrogen (secondary N) is 2. The normalized spacial score (nSPS) is 12.0. The van der Waals surface area contributed by atoms with Crippen LogP contribution >= 0.6 is 0 Å². The van der Waals surface area contributed by atoms with E-state index in [2.05, 4.69) is 14.6 Å². The fourth-order valence-electron chi connectivity index (χ4n) is 2.41. The first-order valence-electron chi connectivity index (χ1n) is 8.23. The first-order valence-corrected chi connectivity index (χ1v) is 11.2. The molecule has 0 bridgehead atoms. The Morgan fingerprint density at radius 3 is 1.93 bits per heavy atom. The van der Waals surface area contributed by atoms with Crippen molar-refractivity contribution in [2.24, 2.45) is 0 Å². The Balaban J connectivity index is 1.79. The lowest BCUT2D eigenvalue weighted by Gasteiger charge is -2.11. The molecule has 0 aliphatic carbocycles. The molecule has 1 heterocycles. The van der Waals surface area contributed by atoms with Crippen LogP contribution in [0.15, 0.2) is 62.8 Å². The molecule has 2 aromatic carbocycles. The Bertz CT molecular complexity index is 1210. The first kappa shape index (κ1) is 19.9. The number of rotatable bonds is 6. The van der Waals surface area contributed by atoms with E-state index in [1.54, 1.807) is 19.1 Å². The van der Waals surface area contributed by atoms with Crippen LogP contribution in [0.2, 0.25) is 0 Å². The van der Waals surface area contributed by atoms with E-state index in [0.717, 1.165) is 11.1 Å². The fourth-order valence-corrected chi connectivity index (χ4v) is 4.54. The Morgan fingerprint density at radius 1 is 0.750 bits per heavy atom. The number of aryl methyl sites for hydroxylation is 3. The predicted octanol–water partition coefficient (Wildman–Crippen LogP) is 3.20. The molecule has 0 fully saturated rings. The van der Waals surface area contributed by atoms with E-state index in [-0.39, 0.29) is 21.3 Å². The summed E-state index contributed by atoms with van der Waals surface area (Å²) in [5.74, 6) is 0.533. The standard InChI is InChI=1S/C18H19N3O5S2/c1-12-4-7-17(10-13(12)2)28(24,25)20-15-5-8-16(9-6-15)27(22,23)21-18-11-14(3)26-19-18/h4-11,20H,1-3H3,(H,19,21). The summed E-state index contributed by atoms with van der Waals surface area (Å²) in [5.41, 5.74) is 2.09. The summed E-state index contributed by atoms with van der Waals surface area (Å²) in [7, 11) is -7.66. The van der Waals surface area contributed by atoms with Gasteiger partial charge in [0, 0.05) is 11.8 Å². The maximum Gasteiger partial charge on any atom is 0.263 e. The summed E-state index contributed by atoms with van der Waals surface area (Å²) in [5, 5.41) is 3.58. The molecule has 2 N–H and O–H groups in total. The second-order valence-electron chi connectivity index (χ2n) is 6.30. The molecule has 148 valence electrons. The van der Waals surface area contributed by atoms with Gasteiger partial charge < -0.3 is 4.52 Å². The summed E-state index contributed by atoms with van der Waals surface area (Å²) in [6, 6.07) is 11.6. The number of nitrogens with zero attached hydrogens (tertiary/aromatic N) is 1. The van der Waals surface area contributed by atoms with Crippen LogP contribution in [-0.2, 0) is 20.0 Å². The van der Waals surface area contributed by atoms with Crippen molar-refractivity contribution in [3.05, 3.63) is 65.4 Å². The third-order valence-electron chi connectivity index (χ3n) is 4.07. The molecule has 10 heteroatoms. The highest BCUT2D eigenvalue weighted by atomic mass is 32.2. The minimum absolute atomic E-state index is 0.0396. The van der Waals surface area contributed by atoms with Crippen molar-refractivity contribution in [3.8, 4) is 0 Å². The van der Waals surface area contributed by atoms with E-state index in [9.17, 15) is 16.8 Å². The topological polar surface area (TPSA) is 118 Å². The molecular weight excluding hydrogens is 402 g/mol. The van der Waals surface area contributed by atoms with Gasteiger partial charge in [0.15, 0.2) is 5.82 Å². The van der Waals surface area contributed by atoms with Crippen LogP contribution in [0.25, 0.3) is 0 Å². The van der Waals surface area contributed by atoms with Crippen molar-refractivity contribution in [2.75, 3.05) is 9.44 Å². The van der Waals surface area contributed by atoms with Crippen molar-refractivity contribution >= 4 is 31.6 Å². The van der Waals surface area contributed by atoms with Crippen LogP contribution < -0.4 is 9.44 Å². The minimum Gasteiger partial charge on any atom is -0.360 e. The molecule has 28 heavy (non-hydrogen) atoms. The van der Waals surface area contributed by atoms with Gasteiger partial charge in [-0.25, -0.2) is 16.8 Å². The summed E-state index contributed by atoms with van der Waals surface area (Å²) >= 11 is 0. The molecule has 0 radical (unpaired) electrons. The number of anilines is 2. The second kappa shape index (κ2) is 7.28. The molecule has 0 aliphatic rings. The van der Waals surface area contributed by atoms with Crippen molar-refractivity contribution < 1.29 is 21.4 Å². The number of hydrogen-bond acceptors (Lipinski definition) is 6. The van der Waals surface area contributed by atoms with E-state index in [4.69, 9.17) is 4.52 Å². The first-order chi connectivity index (χ1) is 13.1. The van der Waals surface area contributed by atoms with Gasteiger partial charge in [0.2, 0.25) is 0 Å². The van der Waals surface area contributed by atoms with E-state index in [1.165, 1.54) is 36.4 Å². The molecule has 0 amide bonds. The molecule has 0 atom stereocenters. The van der Waals surface area contributed by atoms with Crippen molar-refractivity contribution in [1.82, 2.24) is 5.16 Å². The highest BCUT2D eigenvalue weighted by Crippen LogP contribution is 2.21. The van der Waals surface area contributed by atoms with Crippen LogP contribution in [0.5, 0.6) is 0 Å². The Kier molecular flexibility index (Phi) is 5.18. The molecule has 8 nitrogen and oxygen atoms in total. The lowest BCUT2D eigenvalue weighted by Crippen LogP contribution is -2.15. The van der Waals surface area contributed by atoms with Gasteiger partial charge in [-0.05, 0) is 68.3 Å². The van der Waals surface area contributed by atoms with Gasteiger partial charge in [-0.1, -0.05) is 11.2 Å². The molecule has 3 rings (SSSR count). The van der Waals surface area contributed by atoms with Crippen LogP contribution in [0.3, 0.4) is 0 Å². The molecule has 1 aromatic heterocycles. The molecular formula is C18H19N3O5S2. The van der Waals surface area contributed by atoms with E-state index < -0.39 is 20.0 Å². The summed E-state index contributed by atoms with van der Waals surface area (Å²) < 4.78 is 59.3. The SMILES string of the molecule is Cc1cc(NS(=O)(=O)c2ccc(NS(=O)(=O)c3ccc(C)c(C)c3)cc2)no1. The molecule has 0 unspecified atom stereocenters. The molecule has 0 aliphatic heterocycles. The zero-order valence-electron chi connectivity index (χ0n) is 15.4. The molecule has 0 saturated carbocycles. The van der Waals surface area contributed by atoms with Gasteiger partial charge in [-0.2, -0.15) is 0 Å². The molecule has 3 aromatic rings. The van der Waals surface area contributed by atoms with Gasteiger partial charge in [-0.15, -0.1) is 0 Å². The predicted molar refractivity (Wildman–Crippen MR) is 105 cm³/mol. The second-order valence-corrected chi connectivity index (χ2v) is 9.67. The van der Waals surface area contributed by atoms with E-state index >= 15 is 0 Å².